The molecule has 2 aliphatic rings. The van der Waals surface area contributed by atoms with E-state index in [2.05, 4.69) is 31.3 Å². The Morgan fingerprint density at radius 1 is 1.00 bits per heavy atom. The number of carbonyl (C=O) groups is 2. The first-order valence-electron chi connectivity index (χ1n) is 10.9. The lowest BCUT2D eigenvalue weighted by Gasteiger charge is -2.32. The first-order valence-corrected chi connectivity index (χ1v) is 10.9. The van der Waals surface area contributed by atoms with Crippen molar-refractivity contribution in [3.05, 3.63) is 35.4 Å². The first kappa shape index (κ1) is 23.7. The summed E-state index contributed by atoms with van der Waals surface area (Å²) in [6.45, 7) is 6.43. The van der Waals surface area contributed by atoms with Crippen LogP contribution in [0.1, 0.15) is 75.5 Å². The molecule has 0 radical (unpaired) electrons. The van der Waals surface area contributed by atoms with Gasteiger partial charge in [0, 0.05) is 37.5 Å². The van der Waals surface area contributed by atoms with Gasteiger partial charge < -0.3 is 16.0 Å². The molecule has 1 saturated carbocycles. The zero-order chi connectivity index (χ0) is 20.1. The summed E-state index contributed by atoms with van der Waals surface area (Å²) in [6, 6.07) is 8.07. The van der Waals surface area contributed by atoms with Crippen molar-refractivity contribution in [3.63, 3.8) is 0 Å². The maximum Gasteiger partial charge on any atom is 0.226 e. The Morgan fingerprint density at radius 2 is 1.55 bits per heavy atom. The minimum absolute atomic E-state index is 0. The van der Waals surface area contributed by atoms with E-state index in [-0.39, 0.29) is 42.1 Å². The van der Waals surface area contributed by atoms with Crippen molar-refractivity contribution in [3.8, 4) is 0 Å². The molecule has 0 bridgehead atoms. The molecule has 3 N–H and O–H groups in total. The highest BCUT2D eigenvalue weighted by molar-refractivity contribution is 5.88. The summed E-state index contributed by atoms with van der Waals surface area (Å²) in [4.78, 5) is 27.7. The number of nitrogens with two attached hydrogens (primary N) is 1. The molecule has 3 atom stereocenters. The number of amides is 2. The van der Waals surface area contributed by atoms with Gasteiger partial charge in [-0.15, -0.1) is 12.4 Å². The van der Waals surface area contributed by atoms with Crippen molar-refractivity contribution in [2.45, 2.75) is 64.3 Å². The van der Waals surface area contributed by atoms with Crippen molar-refractivity contribution >= 4 is 24.2 Å². The summed E-state index contributed by atoms with van der Waals surface area (Å²) in [5.74, 6) is 0.296. The fourth-order valence-corrected chi connectivity index (χ4v) is 4.50. The van der Waals surface area contributed by atoms with Crippen molar-refractivity contribution in [1.29, 1.82) is 0 Å². The Hall–Kier alpha value is -1.59. The predicted octanol–water partition coefficient (Wildman–Crippen LogP) is 3.78. The summed E-state index contributed by atoms with van der Waals surface area (Å²) in [6.07, 6.45) is 5.85. The summed E-state index contributed by atoms with van der Waals surface area (Å²) < 4.78 is 0. The maximum absolute atomic E-state index is 12.9. The normalized spacial score (nSPS) is 22.8. The summed E-state index contributed by atoms with van der Waals surface area (Å²) in [7, 11) is 0. The van der Waals surface area contributed by atoms with Crippen LogP contribution in [0.3, 0.4) is 0 Å². The molecule has 6 heteroatoms. The van der Waals surface area contributed by atoms with Crippen molar-refractivity contribution < 1.29 is 9.59 Å². The fraction of sp³-hybridized carbons (Fsp3) is 0.652. The van der Waals surface area contributed by atoms with Crippen LogP contribution in [0.2, 0.25) is 0 Å². The number of hydrogen-bond donors (Lipinski definition) is 2. The van der Waals surface area contributed by atoms with Gasteiger partial charge in [0.2, 0.25) is 11.8 Å². The number of rotatable bonds is 6. The number of carbonyl (C=O) groups excluding carboxylic acids is 2. The number of nitrogens with zero attached hydrogens (tertiary/aromatic N) is 1. The van der Waals surface area contributed by atoms with Crippen molar-refractivity contribution in [2.24, 2.45) is 17.6 Å². The highest BCUT2D eigenvalue weighted by Crippen LogP contribution is 2.32. The third-order valence-corrected chi connectivity index (χ3v) is 6.37. The second-order valence-corrected chi connectivity index (χ2v) is 8.70. The van der Waals surface area contributed by atoms with E-state index in [9.17, 15) is 9.59 Å². The molecule has 3 rings (SSSR count). The minimum atomic E-state index is -0.235. The molecule has 162 valence electrons. The fourth-order valence-electron chi connectivity index (χ4n) is 4.50. The lowest BCUT2D eigenvalue weighted by molar-refractivity contribution is -0.142. The number of hydrogen-bond acceptors (Lipinski definition) is 3. The summed E-state index contributed by atoms with van der Waals surface area (Å²) in [5, 5.41) is 3.03. The lowest BCUT2D eigenvalue weighted by atomic mass is 9.77. The van der Waals surface area contributed by atoms with Gasteiger partial charge in [-0.05, 0) is 42.7 Å². The van der Waals surface area contributed by atoms with Crippen LogP contribution in [-0.2, 0) is 9.59 Å². The van der Waals surface area contributed by atoms with Gasteiger partial charge in [-0.25, -0.2) is 0 Å². The molecule has 3 unspecified atom stereocenters. The monoisotopic (exact) mass is 421 g/mol. The average Bonchev–Trinajstić information content (AvgIpc) is 3.26. The molecule has 29 heavy (non-hydrogen) atoms. The average molecular weight is 422 g/mol. The zero-order valence-corrected chi connectivity index (χ0v) is 18.5. The maximum atomic E-state index is 12.9. The standard InChI is InChI=1S/C23H35N3O2.ClH/c1-16(2)17-9-11-18(12-10-17)21(24)15-25-22(27)19-7-3-4-8-20(19)23(28)26-13-5-6-14-26;/h9-12,16,19-21H,3-8,13-15,24H2,1-2H3,(H,25,27);1H. The Kier molecular flexibility index (Phi) is 8.97. The van der Waals surface area contributed by atoms with E-state index < -0.39 is 0 Å². The van der Waals surface area contributed by atoms with E-state index >= 15 is 0 Å². The van der Waals surface area contributed by atoms with Gasteiger partial charge in [0.1, 0.15) is 0 Å². The molecular weight excluding hydrogens is 386 g/mol. The largest absolute Gasteiger partial charge is 0.354 e. The third kappa shape index (κ3) is 5.95. The van der Waals surface area contributed by atoms with Crippen LogP contribution in [0.4, 0.5) is 0 Å². The van der Waals surface area contributed by atoms with Crippen LogP contribution in [0.15, 0.2) is 24.3 Å². The number of likely N-dealkylation sites (tertiary alicyclic amines) is 1. The van der Waals surface area contributed by atoms with Crippen LogP contribution in [0.25, 0.3) is 0 Å². The Morgan fingerprint density at radius 3 is 2.14 bits per heavy atom. The van der Waals surface area contributed by atoms with Gasteiger partial charge in [-0.1, -0.05) is 51.0 Å². The Bertz CT molecular complexity index is 671. The van der Waals surface area contributed by atoms with Gasteiger partial charge in [0.25, 0.3) is 0 Å². The topological polar surface area (TPSA) is 75.4 Å². The molecule has 0 spiro atoms. The number of benzene rings is 1. The van der Waals surface area contributed by atoms with E-state index in [1.54, 1.807) is 0 Å². The van der Waals surface area contributed by atoms with Gasteiger partial charge >= 0.3 is 0 Å². The van der Waals surface area contributed by atoms with Gasteiger partial charge in [-0.2, -0.15) is 0 Å². The molecule has 1 saturated heterocycles. The highest BCUT2D eigenvalue weighted by atomic mass is 35.5. The van der Waals surface area contributed by atoms with Crippen LogP contribution in [0.5, 0.6) is 0 Å². The molecule has 1 aliphatic heterocycles. The quantitative estimate of drug-likeness (QED) is 0.733. The molecular formula is C23H36ClN3O2. The Balaban J connectivity index is 0.00000300. The summed E-state index contributed by atoms with van der Waals surface area (Å²) >= 11 is 0. The molecule has 2 fully saturated rings. The van der Waals surface area contributed by atoms with Gasteiger partial charge in [-0.3, -0.25) is 9.59 Å². The van der Waals surface area contributed by atoms with Gasteiger partial charge in [0.05, 0.1) is 0 Å². The number of nitrogens with one attached hydrogen (secondary N) is 1. The van der Waals surface area contributed by atoms with E-state index in [0.717, 1.165) is 57.2 Å². The molecule has 1 heterocycles. The van der Waals surface area contributed by atoms with Crippen molar-refractivity contribution in [2.75, 3.05) is 19.6 Å². The molecule has 1 aromatic carbocycles. The smallest absolute Gasteiger partial charge is 0.226 e. The molecule has 1 aromatic rings. The molecule has 2 amide bonds. The molecule has 1 aliphatic carbocycles. The second-order valence-electron chi connectivity index (χ2n) is 8.70. The van der Waals surface area contributed by atoms with E-state index in [0.29, 0.717) is 12.5 Å². The van der Waals surface area contributed by atoms with Crippen LogP contribution >= 0.6 is 12.4 Å². The molecule has 0 aromatic heterocycles. The van der Waals surface area contributed by atoms with E-state index in [4.69, 9.17) is 5.73 Å². The van der Waals surface area contributed by atoms with Gasteiger partial charge in [0.15, 0.2) is 0 Å². The lowest BCUT2D eigenvalue weighted by Crippen LogP contribution is -2.45. The molecule has 5 nitrogen and oxygen atoms in total. The number of halogens is 1. The summed E-state index contributed by atoms with van der Waals surface area (Å²) in [5.41, 5.74) is 8.61. The third-order valence-electron chi connectivity index (χ3n) is 6.37. The van der Waals surface area contributed by atoms with Crippen LogP contribution in [0, 0.1) is 11.8 Å². The van der Waals surface area contributed by atoms with Crippen LogP contribution < -0.4 is 11.1 Å². The second kappa shape index (κ2) is 11.0. The predicted molar refractivity (Wildman–Crippen MR) is 119 cm³/mol. The minimum Gasteiger partial charge on any atom is -0.354 e. The first-order chi connectivity index (χ1) is 13.5. The van der Waals surface area contributed by atoms with E-state index in [1.165, 1.54) is 5.56 Å². The Labute approximate surface area is 181 Å². The van der Waals surface area contributed by atoms with E-state index in [1.807, 2.05) is 17.0 Å². The SMILES string of the molecule is CC(C)c1ccc(C(N)CNC(=O)C2CCCCC2C(=O)N2CCCC2)cc1.Cl. The highest BCUT2D eigenvalue weighted by Gasteiger charge is 2.38. The van der Waals surface area contributed by atoms with Crippen molar-refractivity contribution in [1.82, 2.24) is 10.2 Å². The van der Waals surface area contributed by atoms with Crippen LogP contribution in [-0.4, -0.2) is 36.3 Å². The zero-order valence-electron chi connectivity index (χ0n) is 17.7.